The number of esters is 1. The topological polar surface area (TPSA) is 83.4 Å². The minimum Gasteiger partial charge on any atom is -0.472 e. The van der Waals surface area contributed by atoms with Gasteiger partial charge in [-0.05, 0) is 17.7 Å². The van der Waals surface area contributed by atoms with Crippen LogP contribution in [0.15, 0.2) is 69.0 Å². The van der Waals surface area contributed by atoms with Gasteiger partial charge in [-0.2, -0.15) is 0 Å². The smallest absolute Gasteiger partial charge is 0.348 e. The Balaban J connectivity index is 1.70. The summed E-state index contributed by atoms with van der Waals surface area (Å²) in [5, 5.41) is 0.318. The summed E-state index contributed by atoms with van der Waals surface area (Å²) >= 11 is 1.06. The molecule has 0 radical (unpaired) electrons. The third-order valence-corrected chi connectivity index (χ3v) is 5.54. The van der Waals surface area contributed by atoms with Crippen LogP contribution < -0.4 is 11.2 Å². The zero-order valence-electron chi connectivity index (χ0n) is 15.0. The highest BCUT2D eigenvalue weighted by atomic mass is 32.1. The molecule has 0 saturated carbocycles. The van der Waals surface area contributed by atoms with Crippen molar-refractivity contribution in [1.82, 2.24) is 9.13 Å². The van der Waals surface area contributed by atoms with Crippen LogP contribution >= 0.6 is 11.3 Å². The summed E-state index contributed by atoms with van der Waals surface area (Å²) in [5.74, 6) is -0.552. The van der Waals surface area contributed by atoms with Crippen molar-refractivity contribution in [1.29, 1.82) is 0 Å². The molecule has 0 aliphatic rings. The second-order valence-corrected chi connectivity index (χ2v) is 7.29. The number of carbonyl (C=O) groups excluding carboxylic acids is 1. The van der Waals surface area contributed by atoms with Crippen molar-refractivity contribution in [2.75, 3.05) is 0 Å². The molecule has 0 fully saturated rings. The van der Waals surface area contributed by atoms with Crippen LogP contribution in [-0.4, -0.2) is 15.1 Å². The van der Waals surface area contributed by atoms with Gasteiger partial charge in [0, 0.05) is 12.6 Å². The van der Waals surface area contributed by atoms with Crippen LogP contribution in [0.2, 0.25) is 0 Å². The fourth-order valence-electron chi connectivity index (χ4n) is 2.88. The van der Waals surface area contributed by atoms with Crippen LogP contribution in [0, 0.1) is 0 Å². The van der Waals surface area contributed by atoms with E-state index in [4.69, 9.17) is 9.15 Å². The predicted molar refractivity (Wildman–Crippen MR) is 105 cm³/mol. The van der Waals surface area contributed by atoms with Gasteiger partial charge in [0.1, 0.15) is 16.3 Å². The first kappa shape index (κ1) is 18.0. The number of fused-ring (bicyclic) bond motifs is 1. The van der Waals surface area contributed by atoms with Gasteiger partial charge in [0.15, 0.2) is 0 Å². The lowest BCUT2D eigenvalue weighted by Crippen LogP contribution is -2.38. The lowest BCUT2D eigenvalue weighted by atomic mass is 10.2. The molecular weight excluding hydrogens is 380 g/mol. The number of rotatable bonds is 5. The van der Waals surface area contributed by atoms with Gasteiger partial charge in [-0.15, -0.1) is 11.3 Å². The fraction of sp³-hybridized carbons (Fsp3) is 0.150. The quantitative estimate of drug-likeness (QED) is 0.485. The first-order valence-corrected chi connectivity index (χ1v) is 9.32. The Morgan fingerprint density at radius 2 is 1.93 bits per heavy atom. The minimum atomic E-state index is -0.552. The normalized spacial score (nSPS) is 11.0. The molecule has 0 N–H and O–H groups in total. The van der Waals surface area contributed by atoms with Crippen LogP contribution in [0.25, 0.3) is 10.2 Å². The van der Waals surface area contributed by atoms with Gasteiger partial charge in [-0.1, -0.05) is 30.3 Å². The third kappa shape index (κ3) is 3.29. The maximum atomic E-state index is 12.9. The highest BCUT2D eigenvalue weighted by Crippen LogP contribution is 2.23. The van der Waals surface area contributed by atoms with E-state index in [1.54, 1.807) is 13.1 Å². The lowest BCUT2D eigenvalue weighted by molar-refractivity contribution is 0.0478. The Labute approximate surface area is 163 Å². The summed E-state index contributed by atoms with van der Waals surface area (Å²) < 4.78 is 12.7. The first-order valence-electron chi connectivity index (χ1n) is 8.50. The van der Waals surface area contributed by atoms with Crippen LogP contribution in [0.5, 0.6) is 0 Å². The molecule has 0 spiro atoms. The van der Waals surface area contributed by atoms with Crippen LogP contribution in [0.1, 0.15) is 20.8 Å². The molecular formula is C20H16N2O5S. The number of hydrogen-bond acceptors (Lipinski definition) is 6. The van der Waals surface area contributed by atoms with E-state index in [2.05, 4.69) is 0 Å². The predicted octanol–water partition coefficient (Wildman–Crippen LogP) is 2.76. The molecule has 7 nitrogen and oxygen atoms in total. The molecule has 4 rings (SSSR count). The van der Waals surface area contributed by atoms with E-state index >= 15 is 0 Å². The molecule has 0 aliphatic carbocycles. The molecule has 142 valence electrons. The van der Waals surface area contributed by atoms with E-state index in [0.717, 1.165) is 22.5 Å². The number of ether oxygens (including phenoxy) is 1. The molecule has 0 saturated heterocycles. The lowest BCUT2D eigenvalue weighted by Gasteiger charge is -2.08. The number of furan rings is 1. The summed E-state index contributed by atoms with van der Waals surface area (Å²) in [6, 6.07) is 12.5. The average Bonchev–Trinajstić information content (AvgIpc) is 3.38. The van der Waals surface area contributed by atoms with Crippen molar-refractivity contribution in [2.24, 2.45) is 7.05 Å². The molecule has 3 aromatic heterocycles. The Morgan fingerprint density at radius 1 is 1.14 bits per heavy atom. The molecule has 28 heavy (non-hydrogen) atoms. The summed E-state index contributed by atoms with van der Waals surface area (Å²) in [6.07, 6.45) is 2.98. The van der Waals surface area contributed by atoms with Crippen molar-refractivity contribution in [3.8, 4) is 0 Å². The Kier molecular flexibility index (Phi) is 4.70. The van der Waals surface area contributed by atoms with Crippen LogP contribution in [0.3, 0.4) is 0 Å². The zero-order chi connectivity index (χ0) is 19.7. The summed E-state index contributed by atoms with van der Waals surface area (Å²) in [4.78, 5) is 38.6. The van der Waals surface area contributed by atoms with Gasteiger partial charge in [0.2, 0.25) is 0 Å². The summed E-state index contributed by atoms with van der Waals surface area (Å²) in [7, 11) is 1.59. The Morgan fingerprint density at radius 3 is 2.64 bits per heavy atom. The molecule has 0 unspecified atom stereocenters. The largest absolute Gasteiger partial charge is 0.472 e. The van der Waals surface area contributed by atoms with E-state index in [1.165, 1.54) is 27.7 Å². The number of aryl methyl sites for hydroxylation is 1. The number of nitrogens with zero attached hydrogens (tertiary/aromatic N) is 2. The molecule has 0 aliphatic heterocycles. The number of thiophene rings is 1. The SMILES string of the molecule is Cn1c(=O)n(Cc2ccccc2)c(=O)c2cc(C(=O)OCc3ccoc3)sc21. The molecule has 4 aromatic rings. The highest BCUT2D eigenvalue weighted by molar-refractivity contribution is 7.20. The van der Waals surface area contributed by atoms with Crippen molar-refractivity contribution in [3.05, 3.63) is 91.8 Å². The molecule has 0 amide bonds. The van der Waals surface area contributed by atoms with E-state index in [1.807, 2.05) is 30.3 Å². The van der Waals surface area contributed by atoms with Crippen molar-refractivity contribution >= 4 is 27.5 Å². The maximum Gasteiger partial charge on any atom is 0.348 e. The van der Waals surface area contributed by atoms with Gasteiger partial charge < -0.3 is 9.15 Å². The number of aromatic nitrogens is 2. The molecule has 0 bridgehead atoms. The van der Waals surface area contributed by atoms with Crippen molar-refractivity contribution < 1.29 is 13.9 Å². The van der Waals surface area contributed by atoms with Gasteiger partial charge in [0.25, 0.3) is 5.56 Å². The second kappa shape index (κ2) is 7.32. The van der Waals surface area contributed by atoms with E-state index < -0.39 is 17.2 Å². The van der Waals surface area contributed by atoms with E-state index in [-0.39, 0.29) is 18.0 Å². The van der Waals surface area contributed by atoms with Crippen molar-refractivity contribution in [2.45, 2.75) is 13.2 Å². The summed E-state index contributed by atoms with van der Waals surface area (Å²) in [6.45, 7) is 0.235. The Bertz CT molecular complexity index is 1250. The minimum absolute atomic E-state index is 0.0702. The van der Waals surface area contributed by atoms with Gasteiger partial charge in [-0.25, -0.2) is 9.59 Å². The average molecular weight is 396 g/mol. The number of hydrogen-bond donors (Lipinski definition) is 0. The van der Waals surface area contributed by atoms with Gasteiger partial charge in [-0.3, -0.25) is 13.9 Å². The van der Waals surface area contributed by atoms with E-state index in [9.17, 15) is 14.4 Å². The number of benzene rings is 1. The molecule has 8 heteroatoms. The van der Waals surface area contributed by atoms with E-state index in [0.29, 0.717) is 10.2 Å². The van der Waals surface area contributed by atoms with Crippen LogP contribution in [-0.2, 0) is 24.9 Å². The highest BCUT2D eigenvalue weighted by Gasteiger charge is 2.19. The second-order valence-electron chi connectivity index (χ2n) is 6.26. The Hall–Kier alpha value is -3.39. The van der Waals surface area contributed by atoms with Gasteiger partial charge >= 0.3 is 11.7 Å². The maximum absolute atomic E-state index is 12.9. The monoisotopic (exact) mass is 396 g/mol. The molecule has 1 aromatic carbocycles. The molecule has 0 atom stereocenters. The fourth-order valence-corrected chi connectivity index (χ4v) is 3.88. The number of carbonyl (C=O) groups is 1. The van der Waals surface area contributed by atoms with Gasteiger partial charge in [0.05, 0.1) is 24.5 Å². The summed E-state index contributed by atoms with van der Waals surface area (Å²) in [5.41, 5.74) is 0.719. The van der Waals surface area contributed by atoms with Crippen LogP contribution in [0.4, 0.5) is 0 Å². The molecule has 3 heterocycles. The standard InChI is InChI=1S/C20H16N2O5S/c1-21-18-15(9-16(28-18)19(24)27-12-14-7-8-26-11-14)17(23)22(20(21)25)10-13-5-3-2-4-6-13/h2-9,11H,10,12H2,1H3. The third-order valence-electron chi connectivity index (χ3n) is 4.35. The zero-order valence-corrected chi connectivity index (χ0v) is 15.8. The first-order chi connectivity index (χ1) is 13.5. The van der Waals surface area contributed by atoms with Crippen molar-refractivity contribution in [3.63, 3.8) is 0 Å².